The first-order valence-electron chi connectivity index (χ1n) is 6.79. The predicted octanol–water partition coefficient (Wildman–Crippen LogP) is 1.21. The van der Waals surface area contributed by atoms with E-state index in [2.05, 4.69) is 31.0 Å². The molecule has 0 saturated carbocycles. The highest BCUT2D eigenvalue weighted by molar-refractivity contribution is 5.77. The van der Waals surface area contributed by atoms with E-state index < -0.39 is 0 Å². The highest BCUT2D eigenvalue weighted by Gasteiger charge is 2.09. The highest BCUT2D eigenvalue weighted by atomic mass is 16.2. The number of nitrogens with two attached hydrogens (primary N) is 1. The summed E-state index contributed by atoms with van der Waals surface area (Å²) in [5.74, 6) is 0.755. The van der Waals surface area contributed by atoms with E-state index in [0.29, 0.717) is 19.0 Å². The molecule has 0 aliphatic heterocycles. The van der Waals surface area contributed by atoms with Crippen LogP contribution in [0.4, 0.5) is 0 Å². The Morgan fingerprint density at radius 3 is 2.59 bits per heavy atom. The van der Waals surface area contributed by atoms with Gasteiger partial charge in [0.05, 0.1) is 6.54 Å². The van der Waals surface area contributed by atoms with Crippen molar-refractivity contribution in [2.24, 2.45) is 11.7 Å². The third-order valence-electron chi connectivity index (χ3n) is 2.68. The molecule has 4 nitrogen and oxygen atoms in total. The molecule has 0 rings (SSSR count). The van der Waals surface area contributed by atoms with E-state index in [1.807, 2.05) is 0 Å². The van der Waals surface area contributed by atoms with Crippen molar-refractivity contribution in [3.05, 3.63) is 0 Å². The normalized spacial score (nSPS) is 11.2. The summed E-state index contributed by atoms with van der Waals surface area (Å²) >= 11 is 0. The minimum atomic E-state index is 0.121. The lowest BCUT2D eigenvalue weighted by Gasteiger charge is -2.20. The standard InChI is InChI=1S/C13H29N3O/c1-4-5-9-16(10-7-14)11-13(17)15-8-6-12(2)3/h12H,4-11,14H2,1-3H3,(H,15,17). The number of hydrogen-bond donors (Lipinski definition) is 2. The number of unbranched alkanes of at least 4 members (excludes halogenated alkanes) is 1. The first-order valence-corrected chi connectivity index (χ1v) is 6.79. The van der Waals surface area contributed by atoms with Crippen LogP contribution in [0.2, 0.25) is 0 Å². The number of hydrogen-bond acceptors (Lipinski definition) is 3. The third-order valence-corrected chi connectivity index (χ3v) is 2.68. The van der Waals surface area contributed by atoms with Gasteiger partial charge in [-0.1, -0.05) is 27.2 Å². The van der Waals surface area contributed by atoms with Gasteiger partial charge in [-0.15, -0.1) is 0 Å². The lowest BCUT2D eigenvalue weighted by molar-refractivity contribution is -0.122. The number of nitrogens with one attached hydrogen (secondary N) is 1. The monoisotopic (exact) mass is 243 g/mol. The van der Waals surface area contributed by atoms with E-state index in [0.717, 1.165) is 38.9 Å². The molecule has 0 unspecified atom stereocenters. The molecule has 0 fully saturated rings. The lowest BCUT2D eigenvalue weighted by atomic mass is 10.1. The third kappa shape index (κ3) is 10.3. The topological polar surface area (TPSA) is 58.4 Å². The van der Waals surface area contributed by atoms with Gasteiger partial charge in [0, 0.05) is 19.6 Å². The maximum Gasteiger partial charge on any atom is 0.234 e. The van der Waals surface area contributed by atoms with Crippen molar-refractivity contribution in [3.8, 4) is 0 Å². The summed E-state index contributed by atoms with van der Waals surface area (Å²) < 4.78 is 0. The van der Waals surface area contributed by atoms with Gasteiger partial charge in [0.2, 0.25) is 5.91 Å². The summed E-state index contributed by atoms with van der Waals surface area (Å²) in [5.41, 5.74) is 5.54. The fourth-order valence-electron chi connectivity index (χ4n) is 1.59. The summed E-state index contributed by atoms with van der Waals surface area (Å²) in [6.45, 7) is 10.1. The molecular formula is C13H29N3O. The molecule has 0 aromatic carbocycles. The van der Waals surface area contributed by atoms with Crippen molar-refractivity contribution >= 4 is 5.91 Å². The van der Waals surface area contributed by atoms with E-state index in [9.17, 15) is 4.79 Å². The lowest BCUT2D eigenvalue weighted by Crippen LogP contribution is -2.40. The number of carbonyl (C=O) groups is 1. The van der Waals surface area contributed by atoms with Crippen molar-refractivity contribution in [1.29, 1.82) is 0 Å². The molecule has 0 spiro atoms. The Labute approximate surface area is 106 Å². The SMILES string of the molecule is CCCCN(CCN)CC(=O)NCCC(C)C. The molecule has 0 aliphatic rings. The quantitative estimate of drug-likeness (QED) is 0.606. The van der Waals surface area contributed by atoms with Gasteiger partial charge >= 0.3 is 0 Å². The molecule has 102 valence electrons. The van der Waals surface area contributed by atoms with Crippen molar-refractivity contribution in [2.75, 3.05) is 32.7 Å². The second-order valence-electron chi connectivity index (χ2n) is 4.95. The Bertz CT molecular complexity index is 195. The zero-order valence-corrected chi connectivity index (χ0v) is 11.7. The Morgan fingerprint density at radius 1 is 1.35 bits per heavy atom. The number of amides is 1. The van der Waals surface area contributed by atoms with Crippen LogP contribution in [0.3, 0.4) is 0 Å². The zero-order chi connectivity index (χ0) is 13.1. The fourth-order valence-corrected chi connectivity index (χ4v) is 1.59. The molecule has 17 heavy (non-hydrogen) atoms. The summed E-state index contributed by atoms with van der Waals surface area (Å²) in [6.07, 6.45) is 3.31. The number of nitrogens with zero attached hydrogens (tertiary/aromatic N) is 1. The van der Waals surface area contributed by atoms with Crippen LogP contribution in [-0.2, 0) is 4.79 Å². The van der Waals surface area contributed by atoms with Gasteiger partial charge in [-0.05, 0) is 25.3 Å². The van der Waals surface area contributed by atoms with E-state index >= 15 is 0 Å². The first kappa shape index (κ1) is 16.4. The summed E-state index contributed by atoms with van der Waals surface area (Å²) in [5, 5.41) is 2.96. The van der Waals surface area contributed by atoms with E-state index in [4.69, 9.17) is 5.73 Å². The van der Waals surface area contributed by atoms with Crippen LogP contribution in [0.15, 0.2) is 0 Å². The van der Waals surface area contributed by atoms with Gasteiger partial charge < -0.3 is 11.1 Å². The van der Waals surface area contributed by atoms with Crippen molar-refractivity contribution in [1.82, 2.24) is 10.2 Å². The van der Waals surface area contributed by atoms with Crippen LogP contribution in [0.25, 0.3) is 0 Å². The maximum atomic E-state index is 11.7. The van der Waals surface area contributed by atoms with Gasteiger partial charge in [-0.3, -0.25) is 9.69 Å². The van der Waals surface area contributed by atoms with E-state index in [1.165, 1.54) is 0 Å². The molecule has 1 amide bonds. The molecule has 4 heteroatoms. The average molecular weight is 243 g/mol. The van der Waals surface area contributed by atoms with Gasteiger partial charge in [-0.2, -0.15) is 0 Å². The fraction of sp³-hybridized carbons (Fsp3) is 0.923. The highest BCUT2D eigenvalue weighted by Crippen LogP contribution is 1.97. The van der Waals surface area contributed by atoms with Crippen LogP contribution >= 0.6 is 0 Å². The summed E-state index contributed by atoms with van der Waals surface area (Å²) in [6, 6.07) is 0. The second-order valence-corrected chi connectivity index (χ2v) is 4.95. The predicted molar refractivity (Wildman–Crippen MR) is 72.9 cm³/mol. The Hall–Kier alpha value is -0.610. The second kappa shape index (κ2) is 10.5. The molecule has 0 radical (unpaired) electrons. The smallest absolute Gasteiger partial charge is 0.234 e. The van der Waals surface area contributed by atoms with E-state index in [1.54, 1.807) is 0 Å². The first-order chi connectivity index (χ1) is 8.10. The van der Waals surface area contributed by atoms with Crippen LogP contribution < -0.4 is 11.1 Å². The van der Waals surface area contributed by atoms with Gasteiger partial charge in [-0.25, -0.2) is 0 Å². The molecule has 3 N–H and O–H groups in total. The number of rotatable bonds is 10. The Balaban J connectivity index is 3.77. The molecule has 0 aromatic rings. The molecule has 0 saturated heterocycles. The number of carbonyl (C=O) groups excluding carboxylic acids is 1. The Morgan fingerprint density at radius 2 is 2.06 bits per heavy atom. The molecule has 0 aromatic heterocycles. The van der Waals surface area contributed by atoms with E-state index in [-0.39, 0.29) is 5.91 Å². The molecule has 0 atom stereocenters. The van der Waals surface area contributed by atoms with Crippen LogP contribution in [-0.4, -0.2) is 43.5 Å². The molecule has 0 heterocycles. The summed E-state index contributed by atoms with van der Waals surface area (Å²) in [7, 11) is 0. The van der Waals surface area contributed by atoms with Crippen LogP contribution in [0.5, 0.6) is 0 Å². The van der Waals surface area contributed by atoms with Crippen LogP contribution in [0, 0.1) is 5.92 Å². The van der Waals surface area contributed by atoms with Gasteiger partial charge in [0.1, 0.15) is 0 Å². The maximum absolute atomic E-state index is 11.7. The van der Waals surface area contributed by atoms with Crippen molar-refractivity contribution in [3.63, 3.8) is 0 Å². The minimum Gasteiger partial charge on any atom is -0.355 e. The minimum absolute atomic E-state index is 0.121. The van der Waals surface area contributed by atoms with Gasteiger partial charge in [0.25, 0.3) is 0 Å². The van der Waals surface area contributed by atoms with Crippen molar-refractivity contribution < 1.29 is 4.79 Å². The molecule has 0 bridgehead atoms. The zero-order valence-electron chi connectivity index (χ0n) is 11.7. The van der Waals surface area contributed by atoms with Crippen LogP contribution in [0.1, 0.15) is 40.0 Å². The molecular weight excluding hydrogens is 214 g/mol. The largest absolute Gasteiger partial charge is 0.355 e. The summed E-state index contributed by atoms with van der Waals surface area (Å²) in [4.78, 5) is 13.8. The Kier molecular flexibility index (Phi) is 10.2. The van der Waals surface area contributed by atoms with Gasteiger partial charge in [0.15, 0.2) is 0 Å². The van der Waals surface area contributed by atoms with Crippen molar-refractivity contribution in [2.45, 2.75) is 40.0 Å². The average Bonchev–Trinajstić information content (AvgIpc) is 2.25. The molecule has 0 aliphatic carbocycles.